The zero-order valence-corrected chi connectivity index (χ0v) is 15.6. The lowest BCUT2D eigenvalue weighted by Crippen LogP contribution is -2.02. The number of rotatable bonds is 7. The summed E-state index contributed by atoms with van der Waals surface area (Å²) in [5, 5.41) is 0. The van der Waals surface area contributed by atoms with Gasteiger partial charge in [0.05, 0.1) is 20.0 Å². The summed E-state index contributed by atoms with van der Waals surface area (Å²) in [7, 11) is 1.57. The lowest BCUT2D eigenvalue weighted by molar-refractivity contribution is 0.146. The van der Waals surface area contributed by atoms with Gasteiger partial charge in [0, 0.05) is 18.0 Å². The molecule has 0 aliphatic heterocycles. The van der Waals surface area contributed by atoms with Gasteiger partial charge in [-0.2, -0.15) is 0 Å². The third kappa shape index (κ3) is 4.16. The molecule has 0 fully saturated rings. The van der Waals surface area contributed by atoms with Crippen LogP contribution in [0.1, 0.15) is 23.2 Å². The highest BCUT2D eigenvalue weighted by Crippen LogP contribution is 2.29. The second-order valence-electron chi connectivity index (χ2n) is 6.38. The third-order valence-corrected chi connectivity index (χ3v) is 4.42. The number of hydrogen-bond acceptors (Lipinski definition) is 5. The number of nitrogens with zero attached hydrogens (tertiary/aromatic N) is 4. The van der Waals surface area contributed by atoms with Gasteiger partial charge in [-0.15, -0.1) is 0 Å². The molecule has 0 aliphatic carbocycles. The predicted octanol–water partition coefficient (Wildman–Crippen LogP) is 4.40. The molecule has 0 spiro atoms. The van der Waals surface area contributed by atoms with Crippen molar-refractivity contribution in [1.82, 2.24) is 19.5 Å². The van der Waals surface area contributed by atoms with Gasteiger partial charge in [0.25, 0.3) is 6.43 Å². The van der Waals surface area contributed by atoms with Crippen LogP contribution in [0.3, 0.4) is 0 Å². The summed E-state index contributed by atoms with van der Waals surface area (Å²) in [5.74, 6) is 1.14. The van der Waals surface area contributed by atoms with E-state index < -0.39 is 6.43 Å². The van der Waals surface area contributed by atoms with E-state index in [1.54, 1.807) is 25.7 Å². The zero-order valence-electron chi connectivity index (χ0n) is 15.6. The number of hydrogen-bond donors (Lipinski definition) is 0. The van der Waals surface area contributed by atoms with Crippen LogP contribution >= 0.6 is 0 Å². The SMILES string of the molecule is COc1cc(Cn2cnc3cccnc32)ccc1OCc1ccc(C(F)F)nc1. The number of halogens is 2. The molecule has 3 aromatic heterocycles. The average molecular weight is 396 g/mol. The van der Waals surface area contributed by atoms with E-state index in [0.29, 0.717) is 23.6 Å². The molecule has 148 valence electrons. The molecule has 0 saturated heterocycles. The van der Waals surface area contributed by atoms with E-state index in [0.717, 1.165) is 16.7 Å². The summed E-state index contributed by atoms with van der Waals surface area (Å²) < 4.78 is 38.4. The zero-order chi connectivity index (χ0) is 20.2. The van der Waals surface area contributed by atoms with Gasteiger partial charge in [0.1, 0.15) is 17.8 Å². The Hall–Kier alpha value is -3.55. The fourth-order valence-corrected chi connectivity index (χ4v) is 2.95. The summed E-state index contributed by atoms with van der Waals surface area (Å²) >= 11 is 0. The number of aromatic nitrogens is 4. The van der Waals surface area contributed by atoms with Crippen molar-refractivity contribution in [2.24, 2.45) is 0 Å². The molecule has 6 nitrogen and oxygen atoms in total. The van der Waals surface area contributed by atoms with Crippen molar-refractivity contribution in [2.45, 2.75) is 19.6 Å². The van der Waals surface area contributed by atoms with E-state index >= 15 is 0 Å². The molecule has 29 heavy (non-hydrogen) atoms. The number of pyridine rings is 2. The molecular weight excluding hydrogens is 378 g/mol. The topological polar surface area (TPSA) is 62.1 Å². The highest BCUT2D eigenvalue weighted by molar-refractivity contribution is 5.70. The minimum absolute atomic E-state index is 0.197. The number of imidazole rings is 1. The Balaban J connectivity index is 1.47. The van der Waals surface area contributed by atoms with Crippen LogP contribution in [0.5, 0.6) is 11.5 Å². The fraction of sp³-hybridized carbons (Fsp3) is 0.190. The molecule has 1 aromatic carbocycles. The van der Waals surface area contributed by atoms with E-state index in [-0.39, 0.29) is 12.3 Å². The molecule has 0 saturated carbocycles. The first-order valence-corrected chi connectivity index (χ1v) is 8.92. The van der Waals surface area contributed by atoms with Gasteiger partial charge in [0.15, 0.2) is 17.1 Å². The quantitative estimate of drug-likeness (QED) is 0.463. The largest absolute Gasteiger partial charge is 0.493 e. The van der Waals surface area contributed by atoms with Crippen molar-refractivity contribution in [2.75, 3.05) is 7.11 Å². The minimum Gasteiger partial charge on any atom is -0.493 e. The summed E-state index contributed by atoms with van der Waals surface area (Å²) in [5.41, 5.74) is 3.09. The second kappa shape index (κ2) is 8.22. The maximum Gasteiger partial charge on any atom is 0.280 e. The Labute approximate surface area is 165 Å². The smallest absolute Gasteiger partial charge is 0.280 e. The summed E-state index contributed by atoms with van der Waals surface area (Å²) in [4.78, 5) is 12.5. The van der Waals surface area contributed by atoms with Gasteiger partial charge >= 0.3 is 0 Å². The molecule has 0 radical (unpaired) electrons. The maximum absolute atomic E-state index is 12.6. The Kier molecular flexibility index (Phi) is 5.33. The van der Waals surface area contributed by atoms with Gasteiger partial charge in [-0.25, -0.2) is 18.7 Å². The van der Waals surface area contributed by atoms with Crippen LogP contribution in [0.4, 0.5) is 8.78 Å². The van der Waals surface area contributed by atoms with Crippen molar-refractivity contribution < 1.29 is 18.3 Å². The van der Waals surface area contributed by atoms with E-state index in [1.165, 1.54) is 12.3 Å². The Morgan fingerprint density at radius 3 is 2.62 bits per heavy atom. The minimum atomic E-state index is -2.58. The van der Waals surface area contributed by atoms with E-state index in [9.17, 15) is 8.78 Å². The third-order valence-electron chi connectivity index (χ3n) is 4.42. The highest BCUT2D eigenvalue weighted by Gasteiger charge is 2.11. The number of benzene rings is 1. The fourth-order valence-electron chi connectivity index (χ4n) is 2.95. The molecular formula is C21H18F2N4O2. The molecule has 0 unspecified atom stereocenters. The van der Waals surface area contributed by atoms with Crippen LogP contribution in [0, 0.1) is 0 Å². The van der Waals surface area contributed by atoms with Gasteiger partial charge in [-0.05, 0) is 35.9 Å². The van der Waals surface area contributed by atoms with Crippen molar-refractivity contribution in [3.05, 3.63) is 78.0 Å². The van der Waals surface area contributed by atoms with Gasteiger partial charge in [-0.1, -0.05) is 12.1 Å². The van der Waals surface area contributed by atoms with Crippen LogP contribution in [0.15, 0.2) is 61.2 Å². The standard InChI is InChI=1S/C21H18F2N4O2/c1-28-19-9-14(11-27-13-26-17-3-2-8-24-21(17)27)5-7-18(19)29-12-15-4-6-16(20(22)23)25-10-15/h2-10,13,20H,11-12H2,1H3. The van der Waals surface area contributed by atoms with Gasteiger partial charge in [0.2, 0.25) is 0 Å². The van der Waals surface area contributed by atoms with Gasteiger partial charge in [-0.3, -0.25) is 4.98 Å². The molecule has 0 N–H and O–H groups in total. The van der Waals surface area contributed by atoms with Crippen molar-refractivity contribution in [1.29, 1.82) is 0 Å². The summed E-state index contributed by atoms with van der Waals surface area (Å²) in [6.07, 6.45) is 2.30. The van der Waals surface area contributed by atoms with E-state index in [4.69, 9.17) is 9.47 Å². The highest BCUT2D eigenvalue weighted by atomic mass is 19.3. The second-order valence-corrected chi connectivity index (χ2v) is 6.38. The lowest BCUT2D eigenvalue weighted by atomic mass is 10.2. The molecule has 0 atom stereocenters. The van der Waals surface area contributed by atoms with Crippen LogP contribution in [0.25, 0.3) is 11.2 Å². The summed E-state index contributed by atoms with van der Waals surface area (Å²) in [6, 6.07) is 12.3. The first-order valence-electron chi connectivity index (χ1n) is 8.92. The van der Waals surface area contributed by atoms with Crippen molar-refractivity contribution in [3.63, 3.8) is 0 Å². The Morgan fingerprint density at radius 1 is 1.00 bits per heavy atom. The van der Waals surface area contributed by atoms with Crippen LogP contribution < -0.4 is 9.47 Å². The lowest BCUT2D eigenvalue weighted by Gasteiger charge is -2.13. The van der Waals surface area contributed by atoms with Crippen LogP contribution in [-0.2, 0) is 13.2 Å². The molecule has 4 aromatic rings. The van der Waals surface area contributed by atoms with E-state index in [1.807, 2.05) is 34.9 Å². The van der Waals surface area contributed by atoms with Crippen LogP contribution in [0.2, 0.25) is 0 Å². The number of alkyl halides is 2. The Bertz CT molecular complexity index is 1110. The molecule has 0 bridgehead atoms. The van der Waals surface area contributed by atoms with Crippen LogP contribution in [-0.4, -0.2) is 26.6 Å². The monoisotopic (exact) mass is 396 g/mol. The normalized spacial score (nSPS) is 11.2. The Morgan fingerprint density at radius 2 is 1.86 bits per heavy atom. The summed E-state index contributed by atoms with van der Waals surface area (Å²) in [6.45, 7) is 0.783. The van der Waals surface area contributed by atoms with Crippen molar-refractivity contribution in [3.8, 4) is 11.5 Å². The molecule has 0 aliphatic rings. The average Bonchev–Trinajstić information content (AvgIpc) is 3.16. The number of methoxy groups -OCH3 is 1. The van der Waals surface area contributed by atoms with Gasteiger partial charge < -0.3 is 14.0 Å². The number of fused-ring (bicyclic) bond motifs is 1. The first kappa shape index (κ1) is 18.8. The first-order chi connectivity index (χ1) is 14.1. The molecule has 8 heteroatoms. The molecule has 4 rings (SSSR count). The predicted molar refractivity (Wildman–Crippen MR) is 103 cm³/mol. The molecule has 3 heterocycles. The maximum atomic E-state index is 12.6. The van der Waals surface area contributed by atoms with E-state index in [2.05, 4.69) is 15.0 Å². The molecule has 0 amide bonds. The number of ether oxygens (including phenoxy) is 2. The van der Waals surface area contributed by atoms with Crippen molar-refractivity contribution >= 4 is 11.2 Å².